The Hall–Kier alpha value is -3.65. The fourth-order valence-electron chi connectivity index (χ4n) is 3.53. The Balaban J connectivity index is 0.00000216. The van der Waals surface area contributed by atoms with Gasteiger partial charge < -0.3 is 21.4 Å². The number of nitrogens with one attached hydrogen (secondary N) is 3. The fraction of sp³-hybridized carbons (Fsp3) is 0.115. The summed E-state index contributed by atoms with van der Waals surface area (Å²) in [5, 5.41) is 6.60. The second-order valence-corrected chi connectivity index (χ2v) is 7.65. The fourth-order valence-corrected chi connectivity index (χ4v) is 3.53. The Bertz CT molecular complexity index is 1280. The van der Waals surface area contributed by atoms with E-state index in [4.69, 9.17) is 5.73 Å². The number of fused-ring (bicyclic) bond motifs is 1. The lowest BCUT2D eigenvalue weighted by molar-refractivity contribution is -0.117. The molecular formula is C26H27Cl2N5O2. The van der Waals surface area contributed by atoms with E-state index in [-0.39, 0.29) is 42.7 Å². The first kappa shape index (κ1) is 27.6. The highest BCUT2D eigenvalue weighted by Gasteiger charge is 2.11. The van der Waals surface area contributed by atoms with E-state index >= 15 is 0 Å². The lowest BCUT2D eigenvalue weighted by Gasteiger charge is -2.15. The average molecular weight is 512 g/mol. The van der Waals surface area contributed by atoms with Crippen LogP contribution in [0.5, 0.6) is 0 Å². The molecule has 0 unspecified atom stereocenters. The van der Waals surface area contributed by atoms with Crippen LogP contribution in [0.25, 0.3) is 17.1 Å². The van der Waals surface area contributed by atoms with Crippen LogP contribution in [0.15, 0.2) is 85.2 Å². The molecule has 0 aliphatic carbocycles. The van der Waals surface area contributed by atoms with Crippen molar-refractivity contribution in [1.29, 1.82) is 0 Å². The number of amides is 2. The summed E-state index contributed by atoms with van der Waals surface area (Å²) in [6.45, 7) is 0.343. The number of halogens is 2. The first-order valence-corrected chi connectivity index (χ1v) is 10.7. The molecule has 182 valence electrons. The molecule has 2 aromatic carbocycles. The van der Waals surface area contributed by atoms with E-state index < -0.39 is 0 Å². The Labute approximate surface area is 216 Å². The summed E-state index contributed by atoms with van der Waals surface area (Å²) in [4.78, 5) is 32.3. The third-order valence-electron chi connectivity index (χ3n) is 5.23. The normalized spacial score (nSPS) is 11.3. The van der Waals surface area contributed by atoms with Gasteiger partial charge in [0, 0.05) is 41.4 Å². The molecule has 4 aromatic rings. The number of aromatic amines is 1. The maximum absolute atomic E-state index is 12.5. The van der Waals surface area contributed by atoms with Crippen molar-refractivity contribution in [2.24, 2.45) is 5.73 Å². The van der Waals surface area contributed by atoms with Crippen LogP contribution in [0.4, 0.5) is 5.69 Å². The zero-order chi connectivity index (χ0) is 23.0. The minimum atomic E-state index is -0.225. The first-order chi connectivity index (χ1) is 16.1. The van der Waals surface area contributed by atoms with Gasteiger partial charge in [-0.15, -0.1) is 24.8 Å². The number of H-pyrrole nitrogens is 1. The summed E-state index contributed by atoms with van der Waals surface area (Å²) in [6, 6.07) is 20.6. The molecule has 2 aromatic heterocycles. The second-order valence-electron chi connectivity index (χ2n) is 7.65. The number of rotatable bonds is 8. The second kappa shape index (κ2) is 13.3. The van der Waals surface area contributed by atoms with Crippen molar-refractivity contribution in [3.05, 3.63) is 102 Å². The first-order valence-electron chi connectivity index (χ1n) is 10.7. The van der Waals surface area contributed by atoms with Gasteiger partial charge in [-0.25, -0.2) is 4.98 Å². The Morgan fingerprint density at radius 2 is 1.71 bits per heavy atom. The third-order valence-corrected chi connectivity index (χ3v) is 5.23. The summed E-state index contributed by atoms with van der Waals surface area (Å²) in [7, 11) is 0. The average Bonchev–Trinajstić information content (AvgIpc) is 3.25. The number of anilines is 1. The van der Waals surface area contributed by atoms with Crippen molar-refractivity contribution in [2.75, 3.05) is 11.9 Å². The SMILES string of the molecule is Cl.Cl.NC[C@H](Cc1ccccc1)NC(=O)/C=C/c1c[nH]c2ncc(NC(=O)c3ccccc3)cc12. The van der Waals surface area contributed by atoms with Gasteiger partial charge >= 0.3 is 0 Å². The van der Waals surface area contributed by atoms with Crippen LogP contribution < -0.4 is 16.4 Å². The zero-order valence-electron chi connectivity index (χ0n) is 18.8. The largest absolute Gasteiger partial charge is 0.348 e. The maximum atomic E-state index is 12.5. The van der Waals surface area contributed by atoms with Gasteiger partial charge in [0.05, 0.1) is 11.9 Å². The van der Waals surface area contributed by atoms with Crippen LogP contribution in [-0.2, 0) is 11.2 Å². The van der Waals surface area contributed by atoms with Gasteiger partial charge in [0.2, 0.25) is 5.91 Å². The highest BCUT2D eigenvalue weighted by Crippen LogP contribution is 2.22. The maximum Gasteiger partial charge on any atom is 0.255 e. The Morgan fingerprint density at radius 3 is 2.40 bits per heavy atom. The van der Waals surface area contributed by atoms with Crippen LogP contribution in [0.2, 0.25) is 0 Å². The predicted molar refractivity (Wildman–Crippen MR) is 145 cm³/mol. The number of carbonyl (C=O) groups excluding carboxylic acids is 2. The molecule has 0 aliphatic rings. The number of hydrogen-bond acceptors (Lipinski definition) is 4. The molecule has 0 saturated heterocycles. The van der Waals surface area contributed by atoms with Gasteiger partial charge in [-0.3, -0.25) is 9.59 Å². The molecule has 7 nitrogen and oxygen atoms in total. The smallest absolute Gasteiger partial charge is 0.255 e. The van der Waals surface area contributed by atoms with Crippen molar-refractivity contribution in [1.82, 2.24) is 15.3 Å². The zero-order valence-corrected chi connectivity index (χ0v) is 20.4. The van der Waals surface area contributed by atoms with E-state index in [1.54, 1.807) is 30.6 Å². The number of aromatic nitrogens is 2. The van der Waals surface area contributed by atoms with Crippen LogP contribution in [0.3, 0.4) is 0 Å². The lowest BCUT2D eigenvalue weighted by Crippen LogP contribution is -2.40. The summed E-state index contributed by atoms with van der Waals surface area (Å²) in [5.41, 5.74) is 9.55. The molecule has 0 bridgehead atoms. The lowest BCUT2D eigenvalue weighted by atomic mass is 10.1. The standard InChI is InChI=1S/C26H25N5O2.2ClH/c27-15-21(13-18-7-3-1-4-8-18)30-24(32)12-11-20-16-28-25-23(20)14-22(17-29-25)31-26(33)19-9-5-2-6-10-19;;/h1-12,14,16-17,21H,13,15,27H2,(H,28,29)(H,30,32)(H,31,33);2*1H/b12-11+;;/t21-;;/m0../s1. The highest BCUT2D eigenvalue weighted by molar-refractivity contribution is 6.05. The van der Waals surface area contributed by atoms with Crippen molar-refractivity contribution >= 4 is 59.4 Å². The van der Waals surface area contributed by atoms with Crippen LogP contribution in [-0.4, -0.2) is 34.4 Å². The van der Waals surface area contributed by atoms with Gasteiger partial charge in [-0.2, -0.15) is 0 Å². The number of pyridine rings is 1. The minimum Gasteiger partial charge on any atom is -0.348 e. The molecule has 5 N–H and O–H groups in total. The molecule has 0 fully saturated rings. The van der Waals surface area contributed by atoms with E-state index in [2.05, 4.69) is 20.6 Å². The molecule has 0 radical (unpaired) electrons. The molecule has 4 rings (SSSR count). The third kappa shape index (κ3) is 7.42. The topological polar surface area (TPSA) is 113 Å². The molecule has 0 spiro atoms. The molecule has 35 heavy (non-hydrogen) atoms. The summed E-state index contributed by atoms with van der Waals surface area (Å²) in [6.07, 6.45) is 7.22. The van der Waals surface area contributed by atoms with Crippen molar-refractivity contribution in [3.8, 4) is 0 Å². The van der Waals surface area contributed by atoms with Crippen LogP contribution in [0.1, 0.15) is 21.5 Å². The van der Waals surface area contributed by atoms with Gasteiger partial charge in [-0.1, -0.05) is 48.5 Å². The number of carbonyl (C=O) groups is 2. The van der Waals surface area contributed by atoms with Gasteiger partial charge in [0.1, 0.15) is 5.65 Å². The highest BCUT2D eigenvalue weighted by atomic mass is 35.5. The summed E-state index contributed by atoms with van der Waals surface area (Å²) in [5.74, 6) is -0.438. The summed E-state index contributed by atoms with van der Waals surface area (Å²) < 4.78 is 0. The predicted octanol–water partition coefficient (Wildman–Crippen LogP) is 4.36. The molecule has 1 atom stereocenters. The number of nitrogens with zero attached hydrogens (tertiary/aromatic N) is 1. The van der Waals surface area contributed by atoms with Gasteiger partial charge in [0.25, 0.3) is 5.91 Å². The summed E-state index contributed by atoms with van der Waals surface area (Å²) >= 11 is 0. The Kier molecular flexibility index (Phi) is 10.5. The van der Waals surface area contributed by atoms with Crippen LogP contribution in [0, 0.1) is 0 Å². The van der Waals surface area contributed by atoms with E-state index in [0.29, 0.717) is 29.9 Å². The molecular weight excluding hydrogens is 485 g/mol. The monoisotopic (exact) mass is 511 g/mol. The molecule has 0 aliphatic heterocycles. The van der Waals surface area contributed by atoms with E-state index in [9.17, 15) is 9.59 Å². The molecule has 0 saturated carbocycles. The molecule has 2 amide bonds. The number of benzene rings is 2. The van der Waals surface area contributed by atoms with Crippen molar-refractivity contribution in [2.45, 2.75) is 12.5 Å². The number of nitrogens with two attached hydrogens (primary N) is 1. The molecule has 9 heteroatoms. The van der Waals surface area contributed by atoms with Gasteiger partial charge in [-0.05, 0) is 36.3 Å². The quantitative estimate of drug-likeness (QED) is 0.263. The van der Waals surface area contributed by atoms with Crippen molar-refractivity contribution in [3.63, 3.8) is 0 Å². The van der Waals surface area contributed by atoms with E-state index in [1.807, 2.05) is 54.6 Å². The molecule has 2 heterocycles. The van der Waals surface area contributed by atoms with E-state index in [0.717, 1.165) is 16.5 Å². The van der Waals surface area contributed by atoms with Crippen molar-refractivity contribution < 1.29 is 9.59 Å². The Morgan fingerprint density at radius 1 is 1.03 bits per heavy atom. The minimum absolute atomic E-state index is 0. The number of hydrogen-bond donors (Lipinski definition) is 4. The van der Waals surface area contributed by atoms with Gasteiger partial charge in [0.15, 0.2) is 0 Å². The van der Waals surface area contributed by atoms with E-state index in [1.165, 1.54) is 6.08 Å². The van der Waals surface area contributed by atoms with Crippen LogP contribution >= 0.6 is 24.8 Å².